The van der Waals surface area contributed by atoms with Crippen molar-refractivity contribution in [1.82, 2.24) is 6.15 Å². The summed E-state index contributed by atoms with van der Waals surface area (Å²) in [4.78, 5) is 44.4. The van der Waals surface area contributed by atoms with Gasteiger partial charge in [0.1, 0.15) is 0 Å². The summed E-state index contributed by atoms with van der Waals surface area (Å²) in [5.41, 5.74) is 0. The molecular formula is C10H19NO10Ti. The van der Waals surface area contributed by atoms with Gasteiger partial charge in [0.05, 0.1) is 0 Å². The quantitative estimate of drug-likeness (QED) is 0.401. The first-order valence-electron chi connectivity index (χ1n) is 4.54. The molecule has 0 aliphatic rings. The summed E-state index contributed by atoms with van der Waals surface area (Å²) in [7, 11) is 0. The summed E-state index contributed by atoms with van der Waals surface area (Å²) < 4.78 is 0. The Labute approximate surface area is 142 Å². The van der Waals surface area contributed by atoms with Crippen LogP contribution in [0.1, 0.15) is 34.6 Å². The summed E-state index contributed by atoms with van der Waals surface area (Å²) in [6.07, 6.45) is 0. The van der Waals surface area contributed by atoms with Gasteiger partial charge in [0, 0.05) is 29.8 Å². The Morgan fingerprint density at radius 3 is 0.455 bits per heavy atom. The molecule has 0 amide bonds. The molecule has 12 heteroatoms. The number of carboxylic acid groups (broad SMARTS) is 5. The Balaban J connectivity index is -0.0000000250. The van der Waals surface area contributed by atoms with E-state index in [0.717, 1.165) is 34.6 Å². The molecule has 0 aliphatic heterocycles. The molecule has 0 saturated heterocycles. The summed E-state index contributed by atoms with van der Waals surface area (Å²) >= 11 is 0. The molecule has 0 fully saturated rings. The van der Waals surface area contributed by atoms with Gasteiger partial charge >= 0.3 is 21.7 Å². The van der Waals surface area contributed by atoms with E-state index in [1.165, 1.54) is 0 Å². The molecule has 0 saturated carbocycles. The topological polar surface area (TPSA) is 237 Å². The van der Waals surface area contributed by atoms with E-state index in [1.807, 2.05) is 0 Å². The molecule has 0 rings (SSSR count). The van der Waals surface area contributed by atoms with Crippen LogP contribution in [-0.4, -0.2) is 29.8 Å². The Morgan fingerprint density at radius 1 is 0.455 bits per heavy atom. The zero-order valence-electron chi connectivity index (χ0n) is 13.1. The van der Waals surface area contributed by atoms with Crippen LogP contribution in [0.25, 0.3) is 0 Å². The molecule has 22 heavy (non-hydrogen) atoms. The fraction of sp³-hybridized carbons (Fsp3) is 0.500. The van der Waals surface area contributed by atoms with Gasteiger partial charge in [-0.1, -0.05) is 0 Å². The van der Waals surface area contributed by atoms with Crippen LogP contribution in [0.5, 0.6) is 0 Å². The fourth-order valence-electron chi connectivity index (χ4n) is 0. The van der Waals surface area contributed by atoms with E-state index in [-0.39, 0.29) is 27.9 Å². The fourth-order valence-corrected chi connectivity index (χ4v) is 0. The van der Waals surface area contributed by atoms with Crippen LogP contribution < -0.4 is 31.7 Å². The number of carbonyl (C=O) groups is 5. The smallest absolute Gasteiger partial charge is 0.550 e. The van der Waals surface area contributed by atoms with Gasteiger partial charge in [0.15, 0.2) is 0 Å². The Hall–Kier alpha value is -1.98. The number of hydrogen-bond donors (Lipinski definition) is 1. The first-order valence-corrected chi connectivity index (χ1v) is 4.54. The third kappa shape index (κ3) is 1340. The second-order valence-electron chi connectivity index (χ2n) is 2.46. The zero-order valence-corrected chi connectivity index (χ0v) is 14.6. The molecule has 0 spiro atoms. The maximum Gasteiger partial charge on any atom is 4.00 e. The molecule has 11 nitrogen and oxygen atoms in total. The molecule has 0 heterocycles. The summed E-state index contributed by atoms with van der Waals surface area (Å²) in [6.45, 7) is 4.86. The molecule has 0 radical (unpaired) electrons. The van der Waals surface area contributed by atoms with Crippen LogP contribution >= 0.6 is 0 Å². The molecule has 0 aliphatic carbocycles. The van der Waals surface area contributed by atoms with Crippen LogP contribution in [0, 0.1) is 0 Å². The molecule has 0 aromatic rings. The zero-order chi connectivity index (χ0) is 17.9. The minimum Gasteiger partial charge on any atom is -0.550 e. The van der Waals surface area contributed by atoms with E-state index in [9.17, 15) is 0 Å². The maximum atomic E-state index is 8.89. The van der Waals surface area contributed by atoms with Crippen LogP contribution in [0.15, 0.2) is 0 Å². The first-order chi connectivity index (χ1) is 8.66. The van der Waals surface area contributed by atoms with E-state index in [1.54, 1.807) is 0 Å². The van der Waals surface area contributed by atoms with Crippen LogP contribution in [0.2, 0.25) is 0 Å². The average molecular weight is 361 g/mol. The minimum atomic E-state index is -1.08. The summed E-state index contributed by atoms with van der Waals surface area (Å²) in [5, 5.41) is 44.4. The maximum absolute atomic E-state index is 8.89. The first kappa shape index (κ1) is 42.7. The summed E-state index contributed by atoms with van der Waals surface area (Å²) in [6, 6.07) is 0. The van der Waals surface area contributed by atoms with E-state index < -0.39 is 29.8 Å². The van der Waals surface area contributed by atoms with Crippen molar-refractivity contribution in [2.45, 2.75) is 34.6 Å². The van der Waals surface area contributed by atoms with Gasteiger partial charge in [0.25, 0.3) is 0 Å². The van der Waals surface area contributed by atoms with E-state index in [2.05, 4.69) is 0 Å². The number of rotatable bonds is 0. The number of carboxylic acids is 5. The number of hydrogen-bond acceptors (Lipinski definition) is 10. The van der Waals surface area contributed by atoms with Crippen molar-refractivity contribution in [2.75, 3.05) is 0 Å². The normalized spacial score (nSPS) is 5.68. The summed E-state index contributed by atoms with van der Waals surface area (Å²) in [5.74, 6) is -5.42. The predicted octanol–water partition coefficient (Wildman–Crippen LogP) is -5.85. The SMILES string of the molecule is CC(=O)[O-].CC(=O)[O-].CC(=O)[O-].CC(=O)[O-].CC(=O)[O-].[NH4+].[Ti+4]. The number of carbonyl (C=O) groups excluding carboxylic acids is 5. The van der Waals surface area contributed by atoms with Gasteiger partial charge in [-0.25, -0.2) is 0 Å². The monoisotopic (exact) mass is 361 g/mol. The number of aliphatic carboxylic acids is 5. The molecule has 0 atom stereocenters. The van der Waals surface area contributed by atoms with E-state index in [4.69, 9.17) is 49.5 Å². The molecular weight excluding hydrogens is 342 g/mol. The van der Waals surface area contributed by atoms with Crippen molar-refractivity contribution in [2.24, 2.45) is 0 Å². The van der Waals surface area contributed by atoms with Crippen molar-refractivity contribution in [3.8, 4) is 0 Å². The molecule has 0 unspecified atom stereocenters. The molecule has 0 aromatic carbocycles. The third-order valence-electron chi connectivity index (χ3n) is 0. The molecule has 4 N–H and O–H groups in total. The van der Waals surface area contributed by atoms with Crippen molar-refractivity contribution in [3.63, 3.8) is 0 Å². The third-order valence-corrected chi connectivity index (χ3v) is 0. The van der Waals surface area contributed by atoms with E-state index in [0.29, 0.717) is 0 Å². The van der Waals surface area contributed by atoms with Crippen LogP contribution in [-0.2, 0) is 45.7 Å². The van der Waals surface area contributed by atoms with Gasteiger partial charge in [0.2, 0.25) is 0 Å². The Morgan fingerprint density at radius 2 is 0.455 bits per heavy atom. The number of quaternary nitrogens is 1. The van der Waals surface area contributed by atoms with Gasteiger partial charge in [-0.2, -0.15) is 0 Å². The largest absolute Gasteiger partial charge is 4.00 e. The van der Waals surface area contributed by atoms with Gasteiger partial charge in [-0.3, -0.25) is 0 Å². The standard InChI is InChI=1S/5C2H4O2.H3N.Ti/c5*1-2(3)4;;/h5*1H3,(H,3,4);1H3;/q;;;;;;+4/p-4. The Kier molecular flexibility index (Phi) is 70.8. The van der Waals surface area contributed by atoms with Crippen LogP contribution in [0.4, 0.5) is 0 Å². The van der Waals surface area contributed by atoms with Gasteiger partial charge in [-0.15, -0.1) is 0 Å². The van der Waals surface area contributed by atoms with Crippen LogP contribution in [0.3, 0.4) is 0 Å². The predicted molar refractivity (Wildman–Crippen MR) is 59.4 cm³/mol. The van der Waals surface area contributed by atoms with Crippen molar-refractivity contribution < 1.29 is 71.2 Å². The molecule has 0 aromatic heterocycles. The minimum absolute atomic E-state index is 0. The van der Waals surface area contributed by atoms with Crippen molar-refractivity contribution >= 4 is 29.8 Å². The van der Waals surface area contributed by atoms with E-state index >= 15 is 0 Å². The molecule has 128 valence electrons. The van der Waals surface area contributed by atoms with Gasteiger partial charge in [-0.05, 0) is 34.6 Å². The second kappa shape index (κ2) is 36.4. The Bertz CT molecular complexity index is 216. The van der Waals surface area contributed by atoms with Gasteiger partial charge < -0.3 is 55.7 Å². The van der Waals surface area contributed by atoms with Crippen molar-refractivity contribution in [1.29, 1.82) is 0 Å². The molecule has 0 bridgehead atoms. The average Bonchev–Trinajstić information content (AvgIpc) is 1.94. The second-order valence-corrected chi connectivity index (χ2v) is 2.46. The van der Waals surface area contributed by atoms with Crippen molar-refractivity contribution in [3.05, 3.63) is 0 Å².